The highest BCUT2D eigenvalue weighted by Crippen LogP contribution is 2.14. The van der Waals surface area contributed by atoms with Crippen molar-refractivity contribution in [2.75, 3.05) is 5.43 Å². The number of aromatic amines is 1. The number of nitrogens with zero attached hydrogens (tertiary/aromatic N) is 4. The minimum Gasteiger partial charge on any atom is -0.303 e. The number of benzene rings is 1. The van der Waals surface area contributed by atoms with Gasteiger partial charge in [-0.3, -0.25) is 14.3 Å². The number of hydrazone groups is 1. The fourth-order valence-corrected chi connectivity index (χ4v) is 2.44. The number of rotatable bonds is 4. The van der Waals surface area contributed by atoms with Gasteiger partial charge in [0.25, 0.3) is 5.56 Å². The molecule has 0 aliphatic carbocycles. The Morgan fingerprint density at radius 2 is 2.00 bits per heavy atom. The van der Waals surface area contributed by atoms with E-state index in [4.69, 9.17) is 0 Å². The first-order valence-corrected chi connectivity index (χ1v) is 7.56. The maximum absolute atomic E-state index is 12.1. The van der Waals surface area contributed by atoms with Crippen molar-refractivity contribution in [1.82, 2.24) is 19.1 Å². The summed E-state index contributed by atoms with van der Waals surface area (Å²) < 4.78 is 2.98. The SMILES string of the molecule is CCn1c(N/N=C/c2ccc(C)cc2)nc2c1c(=O)[nH]c(=O)n2C. The molecule has 0 unspecified atom stereocenters. The number of hydrogen-bond acceptors (Lipinski definition) is 5. The van der Waals surface area contributed by atoms with Crippen LogP contribution < -0.4 is 16.7 Å². The summed E-state index contributed by atoms with van der Waals surface area (Å²) in [5.74, 6) is 0.405. The van der Waals surface area contributed by atoms with Gasteiger partial charge in [0.15, 0.2) is 11.2 Å². The monoisotopic (exact) mass is 326 g/mol. The molecule has 2 heterocycles. The van der Waals surface area contributed by atoms with Crippen molar-refractivity contribution in [3.63, 3.8) is 0 Å². The summed E-state index contributed by atoms with van der Waals surface area (Å²) in [6.07, 6.45) is 1.67. The topological polar surface area (TPSA) is 97.1 Å². The Kier molecular flexibility index (Phi) is 4.03. The maximum Gasteiger partial charge on any atom is 0.329 e. The van der Waals surface area contributed by atoms with E-state index in [-0.39, 0.29) is 0 Å². The molecule has 1 aromatic carbocycles. The van der Waals surface area contributed by atoms with Crippen molar-refractivity contribution in [3.8, 4) is 0 Å². The Morgan fingerprint density at radius 3 is 2.67 bits per heavy atom. The van der Waals surface area contributed by atoms with Gasteiger partial charge >= 0.3 is 5.69 Å². The molecule has 124 valence electrons. The first-order valence-electron chi connectivity index (χ1n) is 7.56. The quantitative estimate of drug-likeness (QED) is 0.556. The lowest BCUT2D eigenvalue weighted by atomic mass is 10.2. The molecule has 0 saturated heterocycles. The molecule has 0 aliphatic rings. The summed E-state index contributed by atoms with van der Waals surface area (Å²) in [4.78, 5) is 30.4. The summed E-state index contributed by atoms with van der Waals surface area (Å²) in [6.45, 7) is 4.42. The van der Waals surface area contributed by atoms with Crippen molar-refractivity contribution >= 4 is 23.3 Å². The van der Waals surface area contributed by atoms with Crippen molar-refractivity contribution in [2.45, 2.75) is 20.4 Å². The second-order valence-electron chi connectivity index (χ2n) is 5.45. The molecule has 0 amide bonds. The van der Waals surface area contributed by atoms with Crippen LogP contribution in [-0.2, 0) is 13.6 Å². The van der Waals surface area contributed by atoms with Gasteiger partial charge in [-0.1, -0.05) is 29.8 Å². The third-order valence-corrected chi connectivity index (χ3v) is 3.78. The van der Waals surface area contributed by atoms with Gasteiger partial charge in [-0.15, -0.1) is 0 Å². The smallest absolute Gasteiger partial charge is 0.303 e. The van der Waals surface area contributed by atoms with Crippen LogP contribution in [0.25, 0.3) is 11.2 Å². The maximum atomic E-state index is 12.1. The van der Waals surface area contributed by atoms with Gasteiger partial charge < -0.3 is 4.57 Å². The molecule has 3 rings (SSSR count). The molecule has 0 radical (unpaired) electrons. The number of aryl methyl sites for hydroxylation is 3. The molecule has 0 saturated carbocycles. The number of hydrogen-bond donors (Lipinski definition) is 2. The van der Waals surface area contributed by atoms with E-state index in [9.17, 15) is 9.59 Å². The van der Waals surface area contributed by atoms with Crippen molar-refractivity contribution in [2.24, 2.45) is 12.1 Å². The van der Waals surface area contributed by atoms with Crippen molar-refractivity contribution in [3.05, 3.63) is 56.2 Å². The molecule has 0 spiro atoms. The van der Waals surface area contributed by atoms with Crippen molar-refractivity contribution < 1.29 is 0 Å². The van der Waals surface area contributed by atoms with Gasteiger partial charge in [0, 0.05) is 13.6 Å². The number of H-pyrrole nitrogens is 1. The number of fused-ring (bicyclic) bond motifs is 1. The predicted molar refractivity (Wildman–Crippen MR) is 93.7 cm³/mol. The molecular weight excluding hydrogens is 308 g/mol. The van der Waals surface area contributed by atoms with Crippen LogP contribution in [0, 0.1) is 6.92 Å². The highest BCUT2D eigenvalue weighted by molar-refractivity contribution is 5.80. The molecular formula is C16H18N6O2. The minimum atomic E-state index is -0.497. The molecule has 2 aromatic heterocycles. The molecule has 0 bridgehead atoms. The van der Waals surface area contributed by atoms with Crippen LogP contribution in [0.2, 0.25) is 0 Å². The highest BCUT2D eigenvalue weighted by Gasteiger charge is 2.15. The zero-order chi connectivity index (χ0) is 17.3. The summed E-state index contributed by atoms with van der Waals surface area (Å²) in [7, 11) is 1.56. The third-order valence-electron chi connectivity index (χ3n) is 3.78. The number of nitrogens with one attached hydrogen (secondary N) is 2. The Bertz CT molecular complexity index is 1020. The zero-order valence-electron chi connectivity index (χ0n) is 13.7. The normalized spacial score (nSPS) is 11.5. The van der Waals surface area contributed by atoms with E-state index in [1.54, 1.807) is 17.8 Å². The summed E-state index contributed by atoms with van der Waals surface area (Å²) in [5.41, 5.74) is 4.66. The number of aromatic nitrogens is 4. The molecule has 3 aromatic rings. The van der Waals surface area contributed by atoms with Gasteiger partial charge in [-0.2, -0.15) is 10.1 Å². The van der Waals surface area contributed by atoms with E-state index in [1.165, 1.54) is 10.1 Å². The van der Waals surface area contributed by atoms with E-state index in [2.05, 4.69) is 20.5 Å². The standard InChI is InChI=1S/C16H18N6O2/c1-4-22-12-13(21(3)16(24)19-14(12)23)18-15(22)20-17-9-11-7-5-10(2)6-8-11/h5-9H,4H2,1-3H3,(H,18,20)(H,19,23,24)/b17-9+. The second kappa shape index (κ2) is 6.15. The van der Waals surface area contributed by atoms with Crippen LogP contribution in [0.3, 0.4) is 0 Å². The third kappa shape index (κ3) is 2.73. The Labute approximate surface area is 137 Å². The second-order valence-corrected chi connectivity index (χ2v) is 5.45. The summed E-state index contributed by atoms with van der Waals surface area (Å²) in [5, 5.41) is 4.17. The first kappa shape index (κ1) is 15.7. The van der Waals surface area contributed by atoms with Crippen LogP contribution in [-0.4, -0.2) is 25.3 Å². The predicted octanol–water partition coefficient (Wildman–Crippen LogP) is 1.20. The van der Waals surface area contributed by atoms with E-state index >= 15 is 0 Å². The fourth-order valence-electron chi connectivity index (χ4n) is 2.44. The van der Waals surface area contributed by atoms with Gasteiger partial charge in [0.05, 0.1) is 6.21 Å². The molecule has 0 aliphatic heterocycles. The van der Waals surface area contributed by atoms with Crippen molar-refractivity contribution in [1.29, 1.82) is 0 Å². The van der Waals surface area contributed by atoms with E-state index < -0.39 is 11.2 Å². The van der Waals surface area contributed by atoms with Crippen LogP contribution in [0.5, 0.6) is 0 Å². The lowest BCUT2D eigenvalue weighted by Crippen LogP contribution is -2.29. The fraction of sp³-hybridized carbons (Fsp3) is 0.250. The van der Waals surface area contributed by atoms with E-state index in [0.29, 0.717) is 23.7 Å². The Morgan fingerprint density at radius 1 is 1.29 bits per heavy atom. The molecule has 24 heavy (non-hydrogen) atoms. The Hall–Kier alpha value is -3.16. The summed E-state index contributed by atoms with van der Waals surface area (Å²) >= 11 is 0. The first-order chi connectivity index (χ1) is 11.5. The molecule has 8 heteroatoms. The molecule has 2 N–H and O–H groups in total. The van der Waals surface area contributed by atoms with Gasteiger partial charge in [-0.25, -0.2) is 10.2 Å². The minimum absolute atomic E-state index is 0.318. The molecule has 0 atom stereocenters. The average molecular weight is 326 g/mol. The van der Waals surface area contributed by atoms with Crippen LogP contribution in [0.4, 0.5) is 5.95 Å². The van der Waals surface area contributed by atoms with Crippen LogP contribution >= 0.6 is 0 Å². The van der Waals surface area contributed by atoms with Crippen LogP contribution in [0.15, 0.2) is 39.0 Å². The highest BCUT2D eigenvalue weighted by atomic mass is 16.2. The van der Waals surface area contributed by atoms with Crippen LogP contribution in [0.1, 0.15) is 18.1 Å². The number of anilines is 1. The Balaban J connectivity index is 1.99. The lowest BCUT2D eigenvalue weighted by molar-refractivity contribution is 0.781. The van der Waals surface area contributed by atoms with E-state index in [1.807, 2.05) is 38.1 Å². The van der Waals surface area contributed by atoms with Gasteiger partial charge in [0.2, 0.25) is 5.95 Å². The van der Waals surface area contributed by atoms with Gasteiger partial charge in [0.1, 0.15) is 0 Å². The lowest BCUT2D eigenvalue weighted by Gasteiger charge is -2.04. The van der Waals surface area contributed by atoms with E-state index in [0.717, 1.165) is 5.56 Å². The average Bonchev–Trinajstić information content (AvgIpc) is 2.94. The number of imidazole rings is 1. The molecule has 0 fully saturated rings. The summed E-state index contributed by atoms with van der Waals surface area (Å²) in [6, 6.07) is 7.91. The molecule has 8 nitrogen and oxygen atoms in total. The zero-order valence-corrected chi connectivity index (χ0v) is 13.7. The van der Waals surface area contributed by atoms with Gasteiger partial charge in [-0.05, 0) is 19.4 Å². The largest absolute Gasteiger partial charge is 0.329 e.